The third-order valence-electron chi connectivity index (χ3n) is 4.27. The van der Waals surface area contributed by atoms with Gasteiger partial charge in [0.1, 0.15) is 0 Å². The molecule has 0 spiro atoms. The second kappa shape index (κ2) is 8.27. The summed E-state index contributed by atoms with van der Waals surface area (Å²) in [6.07, 6.45) is -0.822. The predicted octanol–water partition coefficient (Wildman–Crippen LogP) is 3.91. The Morgan fingerprint density at radius 1 is 1.11 bits per heavy atom. The SMILES string of the molecule is Cc1ccc(-n2nc(O[C@H](C)C(=O)Nc3cccc(Cl)c3)ccc2=O)cc1C. The largest absolute Gasteiger partial charge is 0.463 e. The number of benzene rings is 2. The molecule has 0 saturated carbocycles. The summed E-state index contributed by atoms with van der Waals surface area (Å²) in [7, 11) is 0. The lowest BCUT2D eigenvalue weighted by atomic mass is 10.1. The number of aryl methyl sites for hydroxylation is 2. The standard InChI is InChI=1S/C21H20ClN3O3/c1-13-7-8-18(11-14(13)2)25-20(26)10-9-19(24-25)28-15(3)21(27)23-17-6-4-5-16(22)12-17/h4-12,15H,1-3H3,(H,23,27)/t15-/m1/s1. The molecule has 0 bridgehead atoms. The molecule has 7 heteroatoms. The highest BCUT2D eigenvalue weighted by atomic mass is 35.5. The van der Waals surface area contributed by atoms with Gasteiger partial charge in [0.05, 0.1) is 5.69 Å². The van der Waals surface area contributed by atoms with Gasteiger partial charge >= 0.3 is 0 Å². The number of rotatable bonds is 5. The van der Waals surface area contributed by atoms with E-state index in [1.54, 1.807) is 31.2 Å². The summed E-state index contributed by atoms with van der Waals surface area (Å²) in [5.74, 6) is -0.181. The van der Waals surface area contributed by atoms with E-state index in [1.807, 2.05) is 32.0 Å². The third kappa shape index (κ3) is 4.58. The van der Waals surface area contributed by atoms with Crippen molar-refractivity contribution >= 4 is 23.2 Å². The summed E-state index contributed by atoms with van der Waals surface area (Å²) in [6.45, 7) is 5.56. The van der Waals surface area contributed by atoms with E-state index in [-0.39, 0.29) is 17.3 Å². The maximum atomic E-state index is 12.4. The first-order valence-corrected chi connectivity index (χ1v) is 9.12. The van der Waals surface area contributed by atoms with E-state index in [1.165, 1.54) is 16.8 Å². The van der Waals surface area contributed by atoms with Crippen LogP contribution in [0.5, 0.6) is 5.88 Å². The summed E-state index contributed by atoms with van der Waals surface area (Å²) in [5, 5.41) is 7.49. The molecule has 0 aliphatic carbocycles. The van der Waals surface area contributed by atoms with Gasteiger partial charge in [0.2, 0.25) is 5.88 Å². The molecular weight excluding hydrogens is 378 g/mol. The van der Waals surface area contributed by atoms with Gasteiger partial charge < -0.3 is 10.1 Å². The lowest BCUT2D eigenvalue weighted by Gasteiger charge is -2.15. The Hall–Kier alpha value is -3.12. The van der Waals surface area contributed by atoms with Crippen LogP contribution in [0.3, 0.4) is 0 Å². The van der Waals surface area contributed by atoms with Crippen LogP contribution in [0, 0.1) is 13.8 Å². The molecule has 2 aromatic carbocycles. The highest BCUT2D eigenvalue weighted by Crippen LogP contribution is 2.16. The molecule has 0 unspecified atom stereocenters. The van der Waals surface area contributed by atoms with Gasteiger partial charge in [-0.15, -0.1) is 5.10 Å². The predicted molar refractivity (Wildman–Crippen MR) is 109 cm³/mol. The number of aromatic nitrogens is 2. The quantitative estimate of drug-likeness (QED) is 0.708. The number of carbonyl (C=O) groups is 1. The van der Waals surface area contributed by atoms with E-state index in [0.29, 0.717) is 16.4 Å². The van der Waals surface area contributed by atoms with E-state index >= 15 is 0 Å². The number of halogens is 1. The second-order valence-corrected chi connectivity index (χ2v) is 6.89. The fourth-order valence-corrected chi connectivity index (χ4v) is 2.73. The van der Waals surface area contributed by atoms with E-state index < -0.39 is 6.10 Å². The van der Waals surface area contributed by atoms with Crippen LogP contribution in [0.15, 0.2) is 59.4 Å². The molecule has 0 aliphatic rings. The lowest BCUT2D eigenvalue weighted by molar-refractivity contribution is -0.122. The van der Waals surface area contributed by atoms with Crippen LogP contribution >= 0.6 is 11.6 Å². The zero-order chi connectivity index (χ0) is 20.3. The summed E-state index contributed by atoms with van der Waals surface area (Å²) < 4.78 is 6.89. The monoisotopic (exact) mass is 397 g/mol. The number of nitrogens with one attached hydrogen (secondary N) is 1. The summed E-state index contributed by atoms with van der Waals surface area (Å²) in [5.41, 5.74) is 3.09. The molecule has 28 heavy (non-hydrogen) atoms. The average Bonchev–Trinajstić information content (AvgIpc) is 2.65. The molecular formula is C21H20ClN3O3. The summed E-state index contributed by atoms with van der Waals surface area (Å²) in [4.78, 5) is 24.6. The van der Waals surface area contributed by atoms with Gasteiger partial charge in [0.25, 0.3) is 11.5 Å². The second-order valence-electron chi connectivity index (χ2n) is 6.45. The summed E-state index contributed by atoms with van der Waals surface area (Å²) in [6, 6.07) is 15.3. The van der Waals surface area contributed by atoms with E-state index in [0.717, 1.165) is 11.1 Å². The zero-order valence-electron chi connectivity index (χ0n) is 15.8. The zero-order valence-corrected chi connectivity index (χ0v) is 16.5. The fourth-order valence-electron chi connectivity index (χ4n) is 2.54. The molecule has 1 aromatic heterocycles. The normalized spacial score (nSPS) is 11.7. The van der Waals surface area contributed by atoms with Crippen molar-refractivity contribution in [3.8, 4) is 11.6 Å². The van der Waals surface area contributed by atoms with Gasteiger partial charge in [-0.25, -0.2) is 0 Å². The van der Waals surface area contributed by atoms with Crippen molar-refractivity contribution in [3.05, 3.63) is 81.1 Å². The van der Waals surface area contributed by atoms with E-state index in [2.05, 4.69) is 10.4 Å². The van der Waals surface area contributed by atoms with Gasteiger partial charge in [-0.05, 0) is 62.2 Å². The minimum atomic E-state index is -0.822. The minimum absolute atomic E-state index is 0.173. The number of amides is 1. The van der Waals surface area contributed by atoms with Gasteiger partial charge in [-0.3, -0.25) is 9.59 Å². The Bertz CT molecular complexity index is 1080. The van der Waals surface area contributed by atoms with Crippen molar-refractivity contribution < 1.29 is 9.53 Å². The van der Waals surface area contributed by atoms with Crippen molar-refractivity contribution in [2.45, 2.75) is 26.9 Å². The average molecular weight is 398 g/mol. The Morgan fingerprint density at radius 2 is 1.89 bits per heavy atom. The van der Waals surface area contributed by atoms with Gasteiger partial charge in [0, 0.05) is 22.8 Å². The smallest absolute Gasteiger partial charge is 0.271 e. The first-order valence-electron chi connectivity index (χ1n) is 8.74. The maximum absolute atomic E-state index is 12.4. The molecule has 144 valence electrons. The molecule has 1 atom stereocenters. The van der Waals surface area contributed by atoms with Crippen LogP contribution in [0.4, 0.5) is 5.69 Å². The summed E-state index contributed by atoms with van der Waals surface area (Å²) >= 11 is 5.92. The Labute approximate surface area is 167 Å². The van der Waals surface area contributed by atoms with E-state index in [4.69, 9.17) is 16.3 Å². The molecule has 0 radical (unpaired) electrons. The number of ether oxygens (including phenoxy) is 1. The van der Waals surface area contributed by atoms with Crippen LogP contribution in [0.25, 0.3) is 5.69 Å². The van der Waals surface area contributed by atoms with Gasteiger partial charge in [0.15, 0.2) is 6.10 Å². The van der Waals surface area contributed by atoms with Crippen molar-refractivity contribution in [2.24, 2.45) is 0 Å². The molecule has 1 heterocycles. The number of hydrogen-bond acceptors (Lipinski definition) is 4. The molecule has 3 aromatic rings. The van der Waals surface area contributed by atoms with Crippen molar-refractivity contribution in [1.29, 1.82) is 0 Å². The van der Waals surface area contributed by atoms with Crippen LogP contribution in [0.2, 0.25) is 5.02 Å². The number of carbonyl (C=O) groups excluding carboxylic acids is 1. The highest BCUT2D eigenvalue weighted by molar-refractivity contribution is 6.30. The molecule has 3 rings (SSSR count). The Morgan fingerprint density at radius 3 is 2.61 bits per heavy atom. The number of nitrogens with zero attached hydrogens (tertiary/aromatic N) is 2. The minimum Gasteiger partial charge on any atom is -0.463 e. The van der Waals surface area contributed by atoms with Crippen molar-refractivity contribution in [3.63, 3.8) is 0 Å². The Kier molecular flexibility index (Phi) is 5.80. The molecule has 1 N–H and O–H groups in total. The van der Waals surface area contributed by atoms with Gasteiger partial charge in [-0.1, -0.05) is 23.7 Å². The topological polar surface area (TPSA) is 73.2 Å². The third-order valence-corrected chi connectivity index (χ3v) is 4.50. The first-order chi connectivity index (χ1) is 13.3. The maximum Gasteiger partial charge on any atom is 0.271 e. The first kappa shape index (κ1) is 19.6. The molecule has 6 nitrogen and oxygen atoms in total. The molecule has 0 fully saturated rings. The van der Waals surface area contributed by atoms with Crippen molar-refractivity contribution in [2.75, 3.05) is 5.32 Å². The van der Waals surface area contributed by atoms with Crippen LogP contribution < -0.4 is 15.6 Å². The Balaban J connectivity index is 1.77. The molecule has 0 saturated heterocycles. The number of anilines is 1. The van der Waals surface area contributed by atoms with Crippen LogP contribution in [0.1, 0.15) is 18.1 Å². The van der Waals surface area contributed by atoms with Gasteiger partial charge in [-0.2, -0.15) is 4.68 Å². The van der Waals surface area contributed by atoms with Crippen LogP contribution in [-0.2, 0) is 4.79 Å². The molecule has 1 amide bonds. The molecule has 0 aliphatic heterocycles. The number of hydrogen-bond donors (Lipinski definition) is 1. The van der Waals surface area contributed by atoms with Crippen LogP contribution in [-0.4, -0.2) is 21.8 Å². The lowest BCUT2D eigenvalue weighted by Crippen LogP contribution is -2.31. The fraction of sp³-hybridized carbons (Fsp3) is 0.190. The van der Waals surface area contributed by atoms with Crippen molar-refractivity contribution in [1.82, 2.24) is 9.78 Å². The highest BCUT2D eigenvalue weighted by Gasteiger charge is 2.16. The van der Waals surface area contributed by atoms with E-state index in [9.17, 15) is 9.59 Å².